The Morgan fingerprint density at radius 3 is 0.949 bits per heavy atom. The first kappa shape index (κ1) is 36.6. The van der Waals surface area contributed by atoms with Crippen LogP contribution in [-0.2, 0) is 6.18 Å². The summed E-state index contributed by atoms with van der Waals surface area (Å²) in [5.41, 5.74) is 5.89. The molecule has 11 rings (SSSR count). The van der Waals surface area contributed by atoms with Crippen molar-refractivity contribution in [2.45, 2.75) is 6.18 Å². The van der Waals surface area contributed by atoms with E-state index in [0.29, 0.717) is 0 Å². The largest absolute Gasteiger partial charge is 0.416 e. The van der Waals surface area contributed by atoms with Gasteiger partial charge in [0.25, 0.3) is 0 Å². The summed E-state index contributed by atoms with van der Waals surface area (Å²) in [5, 5.41) is 14.2. The topological polar surface area (TPSA) is 0 Å². The van der Waals surface area contributed by atoms with Crippen LogP contribution in [0.1, 0.15) is 5.56 Å². The molecule has 0 unspecified atom stereocenters. The number of rotatable bonds is 3. The van der Waals surface area contributed by atoms with Gasteiger partial charge in [0, 0.05) is 4.47 Å². The van der Waals surface area contributed by atoms with Gasteiger partial charge in [-0.25, -0.2) is 0 Å². The number of benzene rings is 11. The van der Waals surface area contributed by atoms with Crippen molar-refractivity contribution in [3.63, 3.8) is 0 Å². The normalized spacial score (nSPS) is 11.7. The van der Waals surface area contributed by atoms with Gasteiger partial charge in [0.2, 0.25) is 0 Å². The molecule has 0 aliphatic carbocycles. The van der Waals surface area contributed by atoms with Crippen LogP contribution in [0.15, 0.2) is 211 Å². The molecule has 0 aliphatic heterocycles. The third kappa shape index (κ3) is 6.60. The molecule has 0 aliphatic rings. The van der Waals surface area contributed by atoms with Gasteiger partial charge in [-0.2, -0.15) is 13.2 Å². The Kier molecular flexibility index (Phi) is 9.23. The molecule has 4 heteroatoms. The molecule has 0 bridgehead atoms. The monoisotopic (exact) mass is 830 g/mol. The first-order valence-electron chi connectivity index (χ1n) is 19.5. The second-order valence-electron chi connectivity index (χ2n) is 14.8. The lowest BCUT2D eigenvalue weighted by Gasteiger charge is -2.18. The van der Waals surface area contributed by atoms with Gasteiger partial charge in [0.05, 0.1) is 5.56 Å². The van der Waals surface area contributed by atoms with E-state index in [1.165, 1.54) is 58.7 Å². The van der Waals surface area contributed by atoms with Crippen molar-refractivity contribution in [2.75, 3.05) is 0 Å². The Labute approximate surface area is 347 Å². The van der Waals surface area contributed by atoms with Crippen LogP contribution in [0.2, 0.25) is 0 Å². The quantitative estimate of drug-likeness (QED) is 0.156. The zero-order valence-corrected chi connectivity index (χ0v) is 33.2. The zero-order valence-electron chi connectivity index (χ0n) is 31.6. The highest BCUT2D eigenvalue weighted by molar-refractivity contribution is 9.10. The molecule has 0 radical (unpaired) electrons. The van der Waals surface area contributed by atoms with E-state index in [9.17, 15) is 13.2 Å². The highest BCUT2D eigenvalue weighted by atomic mass is 79.9. The van der Waals surface area contributed by atoms with E-state index in [1.807, 2.05) is 36.4 Å². The predicted octanol–water partition coefficient (Wildman–Crippen LogP) is 17.1. The lowest BCUT2D eigenvalue weighted by molar-refractivity contribution is -0.137. The van der Waals surface area contributed by atoms with Crippen LogP contribution in [0.25, 0.3) is 98.0 Å². The van der Waals surface area contributed by atoms with E-state index in [1.54, 1.807) is 12.1 Å². The van der Waals surface area contributed by atoms with Gasteiger partial charge in [-0.1, -0.05) is 182 Å². The van der Waals surface area contributed by atoms with E-state index in [4.69, 9.17) is 0 Å². The number of halogens is 4. The molecule has 0 aromatic heterocycles. The first-order chi connectivity index (χ1) is 28.8. The molecule has 0 fully saturated rings. The molecule has 0 N–H and O–H groups in total. The first-order valence-corrected chi connectivity index (χ1v) is 20.3. The lowest BCUT2D eigenvalue weighted by Crippen LogP contribution is -2.04. The summed E-state index contributed by atoms with van der Waals surface area (Å²) in [7, 11) is 0. The highest BCUT2D eigenvalue weighted by Gasteiger charge is 2.30. The van der Waals surface area contributed by atoms with E-state index in [-0.39, 0.29) is 0 Å². The van der Waals surface area contributed by atoms with Crippen molar-refractivity contribution >= 4 is 80.6 Å². The Balaban J connectivity index is 0.000000149. The highest BCUT2D eigenvalue weighted by Crippen LogP contribution is 2.45. The van der Waals surface area contributed by atoms with Crippen LogP contribution in [0.4, 0.5) is 13.2 Å². The molecule has 0 heterocycles. The van der Waals surface area contributed by atoms with Crippen molar-refractivity contribution in [1.82, 2.24) is 0 Å². The summed E-state index contributed by atoms with van der Waals surface area (Å²) in [6.07, 6.45) is -4.36. The maximum absolute atomic E-state index is 13.2. The fourth-order valence-electron chi connectivity index (χ4n) is 8.65. The van der Waals surface area contributed by atoms with Gasteiger partial charge in [0.15, 0.2) is 0 Å². The fraction of sp³-hybridized carbons (Fsp3) is 0.0182. The van der Waals surface area contributed by atoms with Crippen LogP contribution < -0.4 is 0 Å². The summed E-state index contributed by atoms with van der Waals surface area (Å²) < 4.78 is 40.7. The van der Waals surface area contributed by atoms with Crippen LogP contribution >= 0.6 is 15.9 Å². The van der Waals surface area contributed by atoms with Crippen molar-refractivity contribution in [2.24, 2.45) is 0 Å². The zero-order chi connectivity index (χ0) is 40.1. The Morgan fingerprint density at radius 1 is 0.288 bits per heavy atom. The SMILES string of the molecule is Brc1c2ccccc2c(-c2ccc3ccccc3c2)c2ccccc12.FC(F)(F)c1ccc(-c2c3ccccc3c(-c3ccc4ccccc4c3)c3ccccc23)cc1. The second-order valence-corrected chi connectivity index (χ2v) is 15.6. The average molecular weight is 832 g/mol. The van der Waals surface area contributed by atoms with Crippen LogP contribution in [0.5, 0.6) is 0 Å². The van der Waals surface area contributed by atoms with Crippen molar-refractivity contribution in [1.29, 1.82) is 0 Å². The number of fused-ring (bicyclic) bond motifs is 6. The van der Waals surface area contributed by atoms with Gasteiger partial charge in [-0.3, -0.25) is 0 Å². The summed E-state index contributed by atoms with van der Waals surface area (Å²) >= 11 is 3.83. The molecule has 0 nitrogen and oxygen atoms in total. The molecule has 11 aromatic carbocycles. The summed E-state index contributed by atoms with van der Waals surface area (Å²) in [5.74, 6) is 0. The number of hydrogen-bond acceptors (Lipinski definition) is 0. The van der Waals surface area contributed by atoms with Gasteiger partial charge >= 0.3 is 6.18 Å². The maximum Gasteiger partial charge on any atom is 0.416 e. The average Bonchev–Trinajstić information content (AvgIpc) is 3.28. The fourth-order valence-corrected chi connectivity index (χ4v) is 9.34. The van der Waals surface area contributed by atoms with Gasteiger partial charge in [-0.05, 0) is 138 Å². The molecular formula is C55H34BrF3. The van der Waals surface area contributed by atoms with Gasteiger partial charge < -0.3 is 0 Å². The summed E-state index contributed by atoms with van der Waals surface area (Å²) in [4.78, 5) is 0. The third-order valence-electron chi connectivity index (χ3n) is 11.4. The van der Waals surface area contributed by atoms with Crippen molar-refractivity contribution < 1.29 is 13.2 Å². The van der Waals surface area contributed by atoms with Crippen LogP contribution in [0.3, 0.4) is 0 Å². The van der Waals surface area contributed by atoms with Crippen LogP contribution in [-0.4, -0.2) is 0 Å². The number of hydrogen-bond donors (Lipinski definition) is 0. The standard InChI is InChI=1S/C31H19F3.C24H15Br/c32-31(33,34)24-17-15-21(16-18-24)29-25-9-3-5-11-27(25)30(28-12-6-4-10-26(28)29)23-14-13-20-7-1-2-8-22(20)19-23;25-24-21-11-5-3-9-19(21)23(20-10-4-6-12-22(20)24)18-14-13-16-7-1-2-8-17(16)15-18/h1-19H;1-15H. The minimum atomic E-state index is -4.36. The summed E-state index contributed by atoms with van der Waals surface area (Å²) in [6, 6.07) is 69.1. The number of alkyl halides is 3. The Hall–Kier alpha value is -6.75. The molecule has 0 saturated carbocycles. The van der Waals surface area contributed by atoms with E-state index < -0.39 is 11.7 Å². The maximum atomic E-state index is 13.2. The molecule has 59 heavy (non-hydrogen) atoms. The minimum Gasteiger partial charge on any atom is -0.166 e. The Bertz CT molecular complexity index is 3270. The van der Waals surface area contributed by atoms with Gasteiger partial charge in [0.1, 0.15) is 0 Å². The molecule has 0 saturated heterocycles. The molecule has 282 valence electrons. The second kappa shape index (κ2) is 14.9. The molecule has 11 aromatic rings. The predicted molar refractivity (Wildman–Crippen MR) is 247 cm³/mol. The lowest BCUT2D eigenvalue weighted by atomic mass is 9.85. The molecule has 0 atom stereocenters. The van der Waals surface area contributed by atoms with Crippen LogP contribution in [0, 0.1) is 0 Å². The third-order valence-corrected chi connectivity index (χ3v) is 12.2. The van der Waals surface area contributed by atoms with Crippen molar-refractivity contribution in [3.05, 3.63) is 216 Å². The Morgan fingerprint density at radius 2 is 0.576 bits per heavy atom. The van der Waals surface area contributed by atoms with Crippen molar-refractivity contribution in [3.8, 4) is 33.4 Å². The van der Waals surface area contributed by atoms with Gasteiger partial charge in [-0.15, -0.1) is 0 Å². The van der Waals surface area contributed by atoms with E-state index in [0.717, 1.165) is 55.9 Å². The smallest absolute Gasteiger partial charge is 0.166 e. The van der Waals surface area contributed by atoms with E-state index in [2.05, 4.69) is 162 Å². The minimum absolute atomic E-state index is 0.641. The molecular weight excluding hydrogens is 798 g/mol. The molecule has 0 spiro atoms. The molecule has 0 amide bonds. The summed E-state index contributed by atoms with van der Waals surface area (Å²) in [6.45, 7) is 0. The van der Waals surface area contributed by atoms with E-state index >= 15 is 0 Å².